The highest BCUT2D eigenvalue weighted by molar-refractivity contribution is 7.91. The van der Waals surface area contributed by atoms with Gasteiger partial charge in [0.2, 0.25) is 0 Å². The molecule has 9 heterocycles. The van der Waals surface area contributed by atoms with Crippen molar-refractivity contribution < 1.29 is 70.8 Å². The van der Waals surface area contributed by atoms with Gasteiger partial charge >= 0.3 is 5.97 Å². The van der Waals surface area contributed by atoms with Crippen molar-refractivity contribution in [2.24, 2.45) is 11.8 Å². The number of sulfone groups is 1. The van der Waals surface area contributed by atoms with Crippen LogP contribution in [0.5, 0.6) is 0 Å². The first-order valence-corrected chi connectivity index (χ1v) is 24.7. The summed E-state index contributed by atoms with van der Waals surface area (Å²) in [5.41, 5.74) is 2.00. The Balaban J connectivity index is 0.806. The Morgan fingerprint density at radius 3 is 2.37 bits per heavy atom. The predicted octanol–water partition coefficient (Wildman–Crippen LogP) is 4.15. The molecule has 10 rings (SSSR count). The lowest BCUT2D eigenvalue weighted by Crippen LogP contribution is -2.61. The Labute approximate surface area is 370 Å². The average molecular weight is 903 g/mol. The van der Waals surface area contributed by atoms with Gasteiger partial charge in [0.1, 0.15) is 30.5 Å². The summed E-state index contributed by atoms with van der Waals surface area (Å²) >= 11 is 0. The van der Waals surface area contributed by atoms with E-state index in [0.29, 0.717) is 25.7 Å². The van der Waals surface area contributed by atoms with Crippen LogP contribution in [-0.4, -0.2) is 155 Å². The molecule has 6 bridgehead atoms. The molecule has 0 radical (unpaired) electrons. The fourth-order valence-electron chi connectivity index (χ4n) is 11.9. The minimum Gasteiger partial charge on any atom is -0.469 e. The number of carbonyl (C=O) groups excluding carboxylic acids is 1. The average Bonchev–Trinajstić information content (AvgIpc) is 3.95. The summed E-state index contributed by atoms with van der Waals surface area (Å²) < 4.78 is 91.4. The minimum atomic E-state index is -3.71. The van der Waals surface area contributed by atoms with E-state index < -0.39 is 52.6 Å². The van der Waals surface area contributed by atoms with E-state index in [1.165, 1.54) is 14.2 Å². The van der Waals surface area contributed by atoms with Crippen LogP contribution in [0, 0.1) is 11.8 Å². The van der Waals surface area contributed by atoms with Gasteiger partial charge in [0.15, 0.2) is 15.6 Å². The van der Waals surface area contributed by atoms with Crippen LogP contribution in [-0.2, 0) is 62.0 Å². The van der Waals surface area contributed by atoms with E-state index >= 15 is 0 Å². The molecule has 1 aromatic rings. The van der Waals surface area contributed by atoms with Gasteiger partial charge in [0.05, 0.1) is 97.9 Å². The molecule has 15 nitrogen and oxygen atoms in total. The molecular weight excluding hydrogens is 837 g/mol. The molecule has 9 aliphatic rings. The monoisotopic (exact) mass is 902 g/mol. The zero-order chi connectivity index (χ0) is 44.2. The van der Waals surface area contributed by atoms with E-state index in [1.54, 1.807) is 30.3 Å². The van der Waals surface area contributed by atoms with Gasteiger partial charge in [-0.1, -0.05) is 38.3 Å². The molecule has 0 saturated carbocycles. The van der Waals surface area contributed by atoms with Gasteiger partial charge in [-0.05, 0) is 74.1 Å². The normalized spacial score (nSPS) is 43.5. The first-order valence-electron chi connectivity index (χ1n) is 23.1. The summed E-state index contributed by atoms with van der Waals surface area (Å²) in [6, 6.07) is 8.36. The number of fused-ring (bicyclic) bond motifs is 1. The smallest absolute Gasteiger partial charge is 0.308 e. The van der Waals surface area contributed by atoms with E-state index in [9.17, 15) is 23.4 Å². The SMILES string of the molecule is C=C1C[C@H](CC[C@]23C[C@H]4O[C@H]5[C@@H](O2)[C@H]2O[C@@H](CC(=O)OC)CC[C@@H]2O[C@H]5[C@H]4O3)O[C@H]1CC[C@H]1C[C@@H](C)C(=C)[C@@H](C[C@@H]2O[C@H](C[C@H](O)CO)[C@H](OC)[C@H]2CS(=O)(=O)c2ccccc2)O1. The quantitative estimate of drug-likeness (QED) is 0.168. The van der Waals surface area contributed by atoms with Crippen molar-refractivity contribution in [3.8, 4) is 0 Å². The van der Waals surface area contributed by atoms with Crippen molar-refractivity contribution in [2.45, 2.75) is 192 Å². The summed E-state index contributed by atoms with van der Waals surface area (Å²) in [4.78, 5) is 12.3. The highest BCUT2D eigenvalue weighted by atomic mass is 32.2. The third-order valence-electron chi connectivity index (χ3n) is 15.1. The summed E-state index contributed by atoms with van der Waals surface area (Å²) in [6.45, 7) is 10.6. The molecule has 0 amide bonds. The topological polar surface area (TPSA) is 184 Å². The van der Waals surface area contributed by atoms with Gasteiger partial charge in [0.25, 0.3) is 0 Å². The maximum Gasteiger partial charge on any atom is 0.308 e. The molecule has 0 spiro atoms. The van der Waals surface area contributed by atoms with E-state index in [-0.39, 0.29) is 109 Å². The fraction of sp³-hybridized carbons (Fsp3) is 0.766. The van der Waals surface area contributed by atoms with Gasteiger partial charge in [-0.3, -0.25) is 4.79 Å². The first kappa shape index (κ1) is 45.8. The molecule has 0 aliphatic carbocycles. The van der Waals surface area contributed by atoms with E-state index in [0.717, 1.165) is 49.7 Å². The number of hydrogen-bond donors (Lipinski definition) is 2. The number of esters is 1. The minimum absolute atomic E-state index is 0.0468. The van der Waals surface area contributed by atoms with Gasteiger partial charge in [-0.15, -0.1) is 0 Å². The van der Waals surface area contributed by atoms with Gasteiger partial charge in [-0.25, -0.2) is 8.42 Å². The van der Waals surface area contributed by atoms with Crippen LogP contribution in [0.15, 0.2) is 59.5 Å². The summed E-state index contributed by atoms with van der Waals surface area (Å²) in [5, 5.41) is 20.0. The van der Waals surface area contributed by atoms with Crippen molar-refractivity contribution in [3.05, 3.63) is 54.6 Å². The molecule has 16 heteroatoms. The number of methoxy groups -OCH3 is 2. The van der Waals surface area contributed by atoms with Gasteiger partial charge < -0.3 is 57.6 Å². The van der Waals surface area contributed by atoms with Crippen molar-refractivity contribution >= 4 is 15.8 Å². The van der Waals surface area contributed by atoms with Crippen LogP contribution >= 0.6 is 0 Å². The summed E-state index contributed by atoms with van der Waals surface area (Å²) in [7, 11) is -0.793. The largest absolute Gasteiger partial charge is 0.469 e. The van der Waals surface area contributed by atoms with Crippen LogP contribution in [0.4, 0.5) is 0 Å². The van der Waals surface area contributed by atoms with Crippen molar-refractivity contribution in [1.82, 2.24) is 0 Å². The number of hydrogen-bond acceptors (Lipinski definition) is 15. The van der Waals surface area contributed by atoms with Crippen molar-refractivity contribution in [1.29, 1.82) is 0 Å². The van der Waals surface area contributed by atoms with Gasteiger partial charge in [-0.2, -0.15) is 0 Å². The van der Waals surface area contributed by atoms with Crippen molar-refractivity contribution in [3.63, 3.8) is 0 Å². The van der Waals surface area contributed by atoms with E-state index in [1.807, 2.05) is 0 Å². The second-order valence-electron chi connectivity index (χ2n) is 19.3. The molecular formula is C47H66O15S. The summed E-state index contributed by atoms with van der Waals surface area (Å²) in [6.07, 6.45) is 1.69. The van der Waals surface area contributed by atoms with Crippen molar-refractivity contribution in [2.75, 3.05) is 26.6 Å². The molecule has 63 heavy (non-hydrogen) atoms. The van der Waals surface area contributed by atoms with Gasteiger partial charge in [0, 0.05) is 38.7 Å². The Bertz CT molecular complexity index is 1910. The standard InChI is InChI=1S/C47H66O15S/c1-25-17-29(56-36(27(25)3)21-37-33(24-63(51,52)32-9-7-6-8-10-32)41(54-5)38(58-37)19-28(49)23-48)11-13-34-26(2)18-31(55-34)15-16-47-22-39-43(61-47)44-45(60-39)46(62-47)42-35(59-44)14-12-30(57-42)20-40(50)53-4/h6-10,25,28-31,33-39,41-46,48-49H,2-3,11-24H2,1,4-5H3/t25-,28+,29+,30-,31+,33+,34+,35+,36-,37+,38-,39-,41-,42+,43+,44+,45-,46+,47-/m1/s1. The molecule has 9 aliphatic heterocycles. The van der Waals surface area contributed by atoms with E-state index in [4.69, 9.17) is 47.4 Å². The second kappa shape index (κ2) is 18.8. The molecule has 1 aromatic carbocycles. The molecule has 9 fully saturated rings. The number of ether oxygens (including phenoxy) is 10. The number of aliphatic hydroxyl groups is 2. The summed E-state index contributed by atoms with van der Waals surface area (Å²) in [5.74, 6) is -1.73. The van der Waals surface area contributed by atoms with Crippen LogP contribution in [0.25, 0.3) is 0 Å². The highest BCUT2D eigenvalue weighted by Crippen LogP contribution is 2.54. The third-order valence-corrected chi connectivity index (χ3v) is 16.9. The maximum absolute atomic E-state index is 13.7. The molecule has 19 atom stereocenters. The lowest BCUT2D eigenvalue weighted by atomic mass is 9.83. The lowest BCUT2D eigenvalue weighted by Gasteiger charge is -2.47. The maximum atomic E-state index is 13.7. The second-order valence-corrected chi connectivity index (χ2v) is 21.3. The van der Waals surface area contributed by atoms with E-state index in [2.05, 4.69) is 20.1 Å². The van der Waals surface area contributed by atoms with Crippen LogP contribution in [0.3, 0.4) is 0 Å². The number of aliphatic hydroxyl groups excluding tert-OH is 2. The molecule has 9 saturated heterocycles. The third kappa shape index (κ3) is 9.36. The Morgan fingerprint density at radius 2 is 1.60 bits per heavy atom. The predicted molar refractivity (Wildman–Crippen MR) is 225 cm³/mol. The first-order chi connectivity index (χ1) is 30.3. The Hall–Kier alpha value is -2.32. The Kier molecular flexibility index (Phi) is 13.6. The Morgan fingerprint density at radius 1 is 0.857 bits per heavy atom. The van der Waals surface area contributed by atoms with Crippen LogP contribution in [0.1, 0.15) is 84.0 Å². The molecule has 2 N–H and O–H groups in total. The zero-order valence-electron chi connectivity index (χ0n) is 36.7. The van der Waals surface area contributed by atoms with Crippen LogP contribution < -0.4 is 0 Å². The molecule has 0 unspecified atom stereocenters. The fourth-order valence-corrected chi connectivity index (χ4v) is 13.5. The zero-order valence-corrected chi connectivity index (χ0v) is 37.5. The lowest BCUT2D eigenvalue weighted by molar-refractivity contribution is -0.293. The molecule has 0 aromatic heterocycles. The number of rotatable bonds is 17. The van der Waals surface area contributed by atoms with Crippen LogP contribution in [0.2, 0.25) is 0 Å². The number of carbonyl (C=O) groups is 1. The molecule has 350 valence electrons. The number of benzene rings is 1. The highest BCUT2D eigenvalue weighted by Gasteiger charge is 2.68.